The van der Waals surface area contributed by atoms with E-state index in [0.717, 1.165) is 5.69 Å². The van der Waals surface area contributed by atoms with Crippen molar-refractivity contribution in [2.24, 2.45) is 0 Å². The molecular formula is C13H17N. The van der Waals surface area contributed by atoms with Gasteiger partial charge in [-0.05, 0) is 38.8 Å². The molecule has 0 saturated carbocycles. The Morgan fingerprint density at radius 2 is 1.71 bits per heavy atom. The normalized spacial score (nSPS) is 10.8. The van der Waals surface area contributed by atoms with Crippen LogP contribution < -0.4 is 5.32 Å². The molecular weight excluding hydrogens is 170 g/mol. The minimum absolute atomic E-state index is 0.295. The van der Waals surface area contributed by atoms with Gasteiger partial charge in [-0.15, -0.1) is 6.42 Å². The largest absolute Gasteiger partial charge is 0.369 e. The molecule has 74 valence electrons. The van der Waals surface area contributed by atoms with Gasteiger partial charge in [0, 0.05) is 5.69 Å². The number of nitrogens with one attached hydrogen (secondary N) is 1. The van der Waals surface area contributed by atoms with E-state index in [0.29, 0.717) is 0 Å². The van der Waals surface area contributed by atoms with Crippen LogP contribution in [0.15, 0.2) is 18.2 Å². The van der Waals surface area contributed by atoms with E-state index in [-0.39, 0.29) is 5.54 Å². The van der Waals surface area contributed by atoms with Crippen molar-refractivity contribution in [1.29, 1.82) is 0 Å². The highest BCUT2D eigenvalue weighted by molar-refractivity contribution is 5.59. The van der Waals surface area contributed by atoms with E-state index in [4.69, 9.17) is 6.42 Å². The summed E-state index contributed by atoms with van der Waals surface area (Å²) in [5.74, 6) is 2.73. The number of rotatable bonds is 2. The van der Waals surface area contributed by atoms with Gasteiger partial charge in [-0.1, -0.05) is 24.1 Å². The van der Waals surface area contributed by atoms with Gasteiger partial charge in [0.25, 0.3) is 0 Å². The van der Waals surface area contributed by atoms with E-state index in [2.05, 4.69) is 43.3 Å². The highest BCUT2D eigenvalue weighted by atomic mass is 15.0. The Kier molecular flexibility index (Phi) is 2.86. The Hall–Kier alpha value is -1.42. The highest BCUT2D eigenvalue weighted by Gasteiger charge is 2.14. The first kappa shape index (κ1) is 10.7. The summed E-state index contributed by atoms with van der Waals surface area (Å²) in [7, 11) is 0. The zero-order valence-corrected chi connectivity index (χ0v) is 9.31. The van der Waals surface area contributed by atoms with Gasteiger partial charge < -0.3 is 5.32 Å². The van der Waals surface area contributed by atoms with Crippen LogP contribution in [0.2, 0.25) is 0 Å². The van der Waals surface area contributed by atoms with Crippen molar-refractivity contribution in [1.82, 2.24) is 0 Å². The molecule has 1 nitrogen and oxygen atoms in total. The number of benzene rings is 1. The fraction of sp³-hybridized carbons (Fsp3) is 0.385. The van der Waals surface area contributed by atoms with Gasteiger partial charge in [0.2, 0.25) is 0 Å². The molecule has 0 radical (unpaired) electrons. The SMILES string of the molecule is C#CC(C)(C)Nc1c(C)cccc1C. The van der Waals surface area contributed by atoms with E-state index >= 15 is 0 Å². The van der Waals surface area contributed by atoms with Crippen LogP contribution in [0.1, 0.15) is 25.0 Å². The molecule has 0 spiro atoms. The van der Waals surface area contributed by atoms with Crippen molar-refractivity contribution in [3.63, 3.8) is 0 Å². The average Bonchev–Trinajstić information content (AvgIpc) is 2.12. The first-order valence-corrected chi connectivity index (χ1v) is 4.78. The van der Waals surface area contributed by atoms with Gasteiger partial charge in [-0.25, -0.2) is 0 Å². The highest BCUT2D eigenvalue weighted by Crippen LogP contribution is 2.22. The number of aryl methyl sites for hydroxylation is 2. The fourth-order valence-electron chi connectivity index (χ4n) is 1.36. The lowest BCUT2D eigenvalue weighted by atomic mass is 10.0. The third kappa shape index (κ3) is 2.29. The Labute approximate surface area is 86.5 Å². The molecule has 1 heteroatoms. The maximum atomic E-state index is 5.44. The molecule has 0 saturated heterocycles. The Morgan fingerprint density at radius 3 is 2.14 bits per heavy atom. The van der Waals surface area contributed by atoms with Gasteiger partial charge in [-0.2, -0.15) is 0 Å². The predicted molar refractivity (Wildman–Crippen MR) is 62.5 cm³/mol. The Morgan fingerprint density at radius 1 is 1.21 bits per heavy atom. The summed E-state index contributed by atoms with van der Waals surface area (Å²) in [5, 5.41) is 3.37. The molecule has 0 heterocycles. The molecule has 0 atom stereocenters. The molecule has 14 heavy (non-hydrogen) atoms. The fourth-order valence-corrected chi connectivity index (χ4v) is 1.36. The molecule has 1 aromatic rings. The van der Waals surface area contributed by atoms with Crippen LogP contribution in [0.25, 0.3) is 0 Å². The monoisotopic (exact) mass is 187 g/mol. The molecule has 1 N–H and O–H groups in total. The topological polar surface area (TPSA) is 12.0 Å². The summed E-state index contributed by atoms with van der Waals surface area (Å²) in [5.41, 5.74) is 3.31. The molecule has 0 bridgehead atoms. The zero-order chi connectivity index (χ0) is 10.8. The first-order valence-electron chi connectivity index (χ1n) is 4.78. The molecule has 1 rings (SSSR count). The van der Waals surface area contributed by atoms with Crippen LogP contribution >= 0.6 is 0 Å². The molecule has 0 fully saturated rings. The summed E-state index contributed by atoms with van der Waals surface area (Å²) in [6, 6.07) is 6.22. The summed E-state index contributed by atoms with van der Waals surface area (Å²) in [4.78, 5) is 0. The van der Waals surface area contributed by atoms with Crippen LogP contribution in [0.3, 0.4) is 0 Å². The second-order valence-corrected chi connectivity index (χ2v) is 4.16. The summed E-state index contributed by atoms with van der Waals surface area (Å²) in [6.45, 7) is 8.17. The van der Waals surface area contributed by atoms with Crippen LogP contribution in [0, 0.1) is 26.2 Å². The minimum Gasteiger partial charge on any atom is -0.369 e. The van der Waals surface area contributed by atoms with Crippen molar-refractivity contribution >= 4 is 5.69 Å². The lowest BCUT2D eigenvalue weighted by Crippen LogP contribution is -2.29. The quantitative estimate of drug-likeness (QED) is 0.701. The molecule has 0 aliphatic rings. The van der Waals surface area contributed by atoms with Gasteiger partial charge in [0.15, 0.2) is 0 Å². The lowest BCUT2D eigenvalue weighted by molar-refractivity contribution is 0.739. The standard InChI is InChI=1S/C13H17N/c1-6-13(4,5)14-12-10(2)8-7-9-11(12)3/h1,7-9,14H,2-5H3. The molecule has 0 amide bonds. The summed E-state index contributed by atoms with van der Waals surface area (Å²) < 4.78 is 0. The van der Waals surface area contributed by atoms with Gasteiger partial charge in [-0.3, -0.25) is 0 Å². The number of hydrogen-bond donors (Lipinski definition) is 1. The first-order chi connectivity index (χ1) is 6.46. The zero-order valence-electron chi connectivity index (χ0n) is 9.31. The lowest BCUT2D eigenvalue weighted by Gasteiger charge is -2.24. The van der Waals surface area contributed by atoms with Crippen LogP contribution in [-0.2, 0) is 0 Å². The smallest absolute Gasteiger partial charge is 0.0927 e. The van der Waals surface area contributed by atoms with E-state index in [1.807, 2.05) is 13.8 Å². The van der Waals surface area contributed by atoms with Crippen molar-refractivity contribution in [2.45, 2.75) is 33.2 Å². The third-order valence-corrected chi connectivity index (χ3v) is 2.28. The van der Waals surface area contributed by atoms with Crippen molar-refractivity contribution in [2.75, 3.05) is 5.32 Å². The van der Waals surface area contributed by atoms with Gasteiger partial charge in [0.05, 0.1) is 5.54 Å². The van der Waals surface area contributed by atoms with Gasteiger partial charge >= 0.3 is 0 Å². The van der Waals surface area contributed by atoms with E-state index in [9.17, 15) is 0 Å². The molecule has 0 aliphatic heterocycles. The molecule has 0 aromatic heterocycles. The third-order valence-electron chi connectivity index (χ3n) is 2.28. The van der Waals surface area contributed by atoms with E-state index in [1.165, 1.54) is 11.1 Å². The second kappa shape index (κ2) is 3.75. The summed E-state index contributed by atoms with van der Waals surface area (Å²) >= 11 is 0. The van der Waals surface area contributed by atoms with Crippen molar-refractivity contribution < 1.29 is 0 Å². The molecule has 1 aromatic carbocycles. The van der Waals surface area contributed by atoms with Crippen LogP contribution in [-0.4, -0.2) is 5.54 Å². The van der Waals surface area contributed by atoms with Crippen LogP contribution in [0.5, 0.6) is 0 Å². The number of hydrogen-bond acceptors (Lipinski definition) is 1. The van der Waals surface area contributed by atoms with Gasteiger partial charge in [0.1, 0.15) is 0 Å². The number of anilines is 1. The second-order valence-electron chi connectivity index (χ2n) is 4.16. The molecule has 0 unspecified atom stereocenters. The van der Waals surface area contributed by atoms with Crippen molar-refractivity contribution in [3.05, 3.63) is 29.3 Å². The van der Waals surface area contributed by atoms with Crippen LogP contribution in [0.4, 0.5) is 5.69 Å². The average molecular weight is 187 g/mol. The number of terminal acetylenes is 1. The number of para-hydroxylation sites is 1. The summed E-state index contributed by atoms with van der Waals surface area (Å²) in [6.07, 6.45) is 5.44. The Bertz CT molecular complexity index is 349. The van der Waals surface area contributed by atoms with E-state index in [1.54, 1.807) is 0 Å². The van der Waals surface area contributed by atoms with E-state index < -0.39 is 0 Å². The maximum absolute atomic E-state index is 5.44. The predicted octanol–water partition coefficient (Wildman–Crippen LogP) is 3.13. The maximum Gasteiger partial charge on any atom is 0.0927 e. The minimum atomic E-state index is -0.295. The van der Waals surface area contributed by atoms with Crippen molar-refractivity contribution in [3.8, 4) is 12.3 Å². The Balaban J connectivity index is 3.04. The molecule has 0 aliphatic carbocycles.